The van der Waals surface area contributed by atoms with Crippen LogP contribution in [-0.4, -0.2) is 20.9 Å². The molecule has 0 aliphatic heterocycles. The van der Waals surface area contributed by atoms with Crippen molar-refractivity contribution in [3.05, 3.63) is 27.7 Å². The molecule has 0 fully saturated rings. The van der Waals surface area contributed by atoms with Crippen molar-refractivity contribution in [2.75, 3.05) is 6.54 Å². The molecule has 0 aliphatic rings. The van der Waals surface area contributed by atoms with Crippen LogP contribution < -0.4 is 5.32 Å². The fraction of sp³-hybridized carbons (Fsp3) is 0.462. The maximum Gasteiger partial charge on any atom is 0.262 e. The van der Waals surface area contributed by atoms with Gasteiger partial charge in [-0.1, -0.05) is 44.0 Å². The Balaban J connectivity index is 3.10. The number of nitrogens with one attached hydrogen (secondary N) is 1. The second-order valence-corrected chi connectivity index (χ2v) is 8.42. The summed E-state index contributed by atoms with van der Waals surface area (Å²) in [5.41, 5.74) is -0.0870. The van der Waals surface area contributed by atoms with E-state index in [4.69, 9.17) is 33.9 Å². The van der Waals surface area contributed by atoms with Crippen molar-refractivity contribution in [2.45, 2.75) is 25.7 Å². The van der Waals surface area contributed by atoms with Gasteiger partial charge in [0.2, 0.25) is 0 Å². The summed E-state index contributed by atoms with van der Waals surface area (Å²) in [5, 5.41) is 2.49. The number of rotatable bonds is 5. The summed E-state index contributed by atoms with van der Waals surface area (Å²) in [4.78, 5) is 11.8. The van der Waals surface area contributed by atoms with Crippen LogP contribution in [0, 0.1) is 11.8 Å². The van der Waals surface area contributed by atoms with Gasteiger partial charge in [0.25, 0.3) is 15.0 Å². The van der Waals surface area contributed by atoms with Crippen LogP contribution in [0.15, 0.2) is 17.0 Å². The van der Waals surface area contributed by atoms with Crippen molar-refractivity contribution in [3.8, 4) is 0 Å². The van der Waals surface area contributed by atoms with Gasteiger partial charge >= 0.3 is 0 Å². The second-order valence-electron chi connectivity index (χ2n) is 5.10. The van der Waals surface area contributed by atoms with Crippen LogP contribution in [0.4, 0.5) is 0 Å². The molecule has 118 valence electrons. The summed E-state index contributed by atoms with van der Waals surface area (Å²) < 4.78 is 22.8. The maximum atomic E-state index is 12.2. The second kappa shape index (κ2) is 7.18. The molecule has 0 aliphatic carbocycles. The Kier molecular flexibility index (Phi) is 6.35. The number of carbonyl (C=O) groups excluding carboxylic acids is 1. The zero-order chi connectivity index (χ0) is 16.4. The summed E-state index contributed by atoms with van der Waals surface area (Å²) >= 11 is 11.9. The van der Waals surface area contributed by atoms with Gasteiger partial charge < -0.3 is 5.32 Å². The molecular formula is C13H16Cl3NO3S. The Hall–Kier alpha value is -0.490. The van der Waals surface area contributed by atoms with Gasteiger partial charge in [0.15, 0.2) is 0 Å². The predicted molar refractivity (Wildman–Crippen MR) is 85.8 cm³/mol. The van der Waals surface area contributed by atoms with E-state index in [0.29, 0.717) is 12.5 Å². The van der Waals surface area contributed by atoms with Gasteiger partial charge in [0, 0.05) is 17.2 Å². The third-order valence-corrected chi connectivity index (χ3v) is 5.45. The minimum Gasteiger partial charge on any atom is -0.352 e. The van der Waals surface area contributed by atoms with Crippen molar-refractivity contribution >= 4 is 48.8 Å². The highest BCUT2D eigenvalue weighted by Gasteiger charge is 2.23. The van der Waals surface area contributed by atoms with E-state index in [2.05, 4.69) is 5.32 Å². The highest BCUT2D eigenvalue weighted by molar-refractivity contribution is 8.13. The van der Waals surface area contributed by atoms with E-state index in [0.717, 1.165) is 0 Å². The topological polar surface area (TPSA) is 63.2 Å². The molecule has 8 heteroatoms. The fourth-order valence-corrected chi connectivity index (χ4v) is 3.41. The van der Waals surface area contributed by atoms with E-state index >= 15 is 0 Å². The van der Waals surface area contributed by atoms with E-state index in [9.17, 15) is 13.2 Å². The first kappa shape index (κ1) is 18.6. The predicted octanol–water partition coefficient (Wildman–Crippen LogP) is 3.94. The van der Waals surface area contributed by atoms with E-state index in [-0.39, 0.29) is 26.4 Å². The molecule has 1 atom stereocenters. The zero-order valence-corrected chi connectivity index (χ0v) is 14.9. The lowest BCUT2D eigenvalue weighted by Gasteiger charge is -2.17. The van der Waals surface area contributed by atoms with Crippen molar-refractivity contribution in [2.24, 2.45) is 11.8 Å². The monoisotopic (exact) mass is 371 g/mol. The van der Waals surface area contributed by atoms with E-state index in [1.54, 1.807) is 0 Å². The SMILES string of the molecule is CC(C)C(C)CNC(=O)c1c(Cl)ccc(S(=O)(=O)Cl)c1Cl. The van der Waals surface area contributed by atoms with Crippen LogP contribution in [0.25, 0.3) is 0 Å². The Morgan fingerprint density at radius 3 is 2.29 bits per heavy atom. The summed E-state index contributed by atoms with van der Waals surface area (Å²) in [7, 11) is 1.23. The van der Waals surface area contributed by atoms with Crippen molar-refractivity contribution in [1.29, 1.82) is 0 Å². The molecule has 0 saturated heterocycles. The summed E-state index contributed by atoms with van der Waals surface area (Å²) in [5.74, 6) is 0.122. The first-order valence-electron chi connectivity index (χ1n) is 6.26. The third kappa shape index (κ3) is 4.74. The molecule has 21 heavy (non-hydrogen) atoms. The standard InChI is InChI=1S/C13H16Cl3NO3S/c1-7(2)8(3)6-17-13(18)11-9(14)4-5-10(12(11)15)21(16,19)20/h4-5,7-8H,6H2,1-3H3,(H,17,18). The largest absolute Gasteiger partial charge is 0.352 e. The normalized spacial score (nSPS) is 13.3. The molecule has 1 unspecified atom stereocenters. The number of amides is 1. The first-order valence-corrected chi connectivity index (χ1v) is 9.33. The number of halogens is 3. The third-order valence-electron chi connectivity index (χ3n) is 3.27. The minimum absolute atomic E-state index is 0.0683. The minimum atomic E-state index is -4.05. The van der Waals surface area contributed by atoms with Crippen LogP contribution in [0.2, 0.25) is 10.0 Å². The highest BCUT2D eigenvalue weighted by atomic mass is 35.7. The van der Waals surface area contributed by atoms with Crippen LogP contribution in [0.5, 0.6) is 0 Å². The molecule has 0 saturated carbocycles. The van der Waals surface area contributed by atoms with Gasteiger partial charge in [-0.25, -0.2) is 8.42 Å². The molecule has 0 bridgehead atoms. The molecule has 0 aromatic heterocycles. The van der Waals surface area contributed by atoms with Crippen molar-refractivity contribution < 1.29 is 13.2 Å². The quantitative estimate of drug-likeness (QED) is 0.796. The molecule has 1 aromatic rings. The average Bonchev–Trinajstić information content (AvgIpc) is 2.33. The molecule has 0 spiro atoms. The van der Waals surface area contributed by atoms with E-state index in [1.165, 1.54) is 12.1 Å². The molecule has 4 nitrogen and oxygen atoms in total. The van der Waals surface area contributed by atoms with Crippen LogP contribution >= 0.6 is 33.9 Å². The molecule has 0 radical (unpaired) electrons. The van der Waals surface area contributed by atoms with Crippen molar-refractivity contribution in [3.63, 3.8) is 0 Å². The van der Waals surface area contributed by atoms with Crippen LogP contribution in [0.1, 0.15) is 31.1 Å². The Morgan fingerprint density at radius 1 is 1.24 bits per heavy atom. The highest BCUT2D eigenvalue weighted by Crippen LogP contribution is 2.32. The van der Waals surface area contributed by atoms with Gasteiger partial charge in [0.05, 0.1) is 15.6 Å². The van der Waals surface area contributed by atoms with E-state index in [1.807, 2.05) is 20.8 Å². The van der Waals surface area contributed by atoms with Gasteiger partial charge in [-0.2, -0.15) is 0 Å². The lowest BCUT2D eigenvalue weighted by Crippen LogP contribution is -2.30. The van der Waals surface area contributed by atoms with Gasteiger partial charge in [0.1, 0.15) is 4.90 Å². The Bertz CT molecular complexity index is 644. The molecule has 1 amide bonds. The summed E-state index contributed by atoms with van der Waals surface area (Å²) in [6, 6.07) is 2.45. The van der Waals surface area contributed by atoms with E-state index < -0.39 is 15.0 Å². The fourth-order valence-electron chi connectivity index (χ4n) is 1.51. The lowest BCUT2D eigenvalue weighted by atomic mass is 9.98. The molecule has 1 rings (SSSR count). The summed E-state index contributed by atoms with van der Waals surface area (Å²) in [6.07, 6.45) is 0. The maximum absolute atomic E-state index is 12.2. The Morgan fingerprint density at radius 2 is 1.81 bits per heavy atom. The zero-order valence-electron chi connectivity index (χ0n) is 11.8. The van der Waals surface area contributed by atoms with Gasteiger partial charge in [-0.15, -0.1) is 0 Å². The van der Waals surface area contributed by atoms with Gasteiger partial charge in [-0.3, -0.25) is 4.79 Å². The van der Waals surface area contributed by atoms with Crippen LogP contribution in [-0.2, 0) is 9.05 Å². The molecule has 1 N–H and O–H groups in total. The molecule has 1 aromatic carbocycles. The Labute approximate surface area is 139 Å². The lowest BCUT2D eigenvalue weighted by molar-refractivity contribution is 0.0945. The molecular weight excluding hydrogens is 357 g/mol. The smallest absolute Gasteiger partial charge is 0.262 e. The number of hydrogen-bond acceptors (Lipinski definition) is 3. The van der Waals surface area contributed by atoms with Crippen LogP contribution in [0.3, 0.4) is 0 Å². The average molecular weight is 373 g/mol. The molecule has 0 heterocycles. The first-order chi connectivity index (χ1) is 9.55. The van der Waals surface area contributed by atoms with Gasteiger partial charge in [-0.05, 0) is 24.0 Å². The number of benzene rings is 1. The van der Waals surface area contributed by atoms with Crippen molar-refractivity contribution in [1.82, 2.24) is 5.32 Å². The number of hydrogen-bond donors (Lipinski definition) is 1. The summed E-state index contributed by atoms with van der Waals surface area (Å²) in [6.45, 7) is 6.50. The number of carbonyl (C=O) groups is 1.